The lowest BCUT2D eigenvalue weighted by Crippen LogP contribution is -2.67. The Bertz CT molecular complexity index is 376. The van der Waals surface area contributed by atoms with Crippen LogP contribution in [0.15, 0.2) is 0 Å². The molecule has 1 heterocycles. The van der Waals surface area contributed by atoms with E-state index in [2.05, 4.69) is 5.32 Å². The van der Waals surface area contributed by atoms with Crippen molar-refractivity contribution in [2.24, 2.45) is 5.73 Å². The molecule has 1 unspecified atom stereocenters. The van der Waals surface area contributed by atoms with E-state index in [4.69, 9.17) is 5.73 Å². The van der Waals surface area contributed by atoms with E-state index < -0.39 is 23.4 Å². The molecule has 0 radical (unpaired) electrons. The molecule has 2 aliphatic rings. The van der Waals surface area contributed by atoms with Crippen LogP contribution in [0.2, 0.25) is 0 Å². The molecule has 1 atom stereocenters. The second-order valence-electron chi connectivity index (χ2n) is 4.78. The van der Waals surface area contributed by atoms with Crippen LogP contribution in [0, 0.1) is 0 Å². The Kier molecular flexibility index (Phi) is 2.91. The lowest BCUT2D eigenvalue weighted by Gasteiger charge is -2.43. The summed E-state index contributed by atoms with van der Waals surface area (Å²) in [6, 6.07) is -0.568. The van der Waals surface area contributed by atoms with Gasteiger partial charge in [0.2, 0.25) is 17.7 Å². The molecule has 94 valence electrons. The van der Waals surface area contributed by atoms with E-state index in [-0.39, 0.29) is 12.5 Å². The van der Waals surface area contributed by atoms with Crippen molar-refractivity contribution in [3.63, 3.8) is 0 Å². The number of carbonyl (C=O) groups is 3. The van der Waals surface area contributed by atoms with Crippen molar-refractivity contribution in [3.05, 3.63) is 0 Å². The molecule has 1 saturated heterocycles. The summed E-state index contributed by atoms with van der Waals surface area (Å²) in [6.07, 6.45) is 2.68. The molecule has 1 aliphatic heterocycles. The molecule has 6 heteroatoms. The van der Waals surface area contributed by atoms with Gasteiger partial charge < -0.3 is 10.6 Å². The Hall–Kier alpha value is -1.43. The van der Waals surface area contributed by atoms with Crippen LogP contribution in [0.3, 0.4) is 0 Å². The van der Waals surface area contributed by atoms with Crippen LogP contribution in [0.5, 0.6) is 0 Å². The fourth-order valence-electron chi connectivity index (χ4n) is 2.34. The number of imide groups is 1. The molecule has 1 aliphatic carbocycles. The third-order valence-corrected chi connectivity index (χ3v) is 3.57. The molecular weight excluding hydrogens is 222 g/mol. The van der Waals surface area contributed by atoms with Crippen LogP contribution in [-0.2, 0) is 14.4 Å². The number of piperazine rings is 1. The van der Waals surface area contributed by atoms with Gasteiger partial charge in [-0.2, -0.15) is 0 Å². The maximum absolute atomic E-state index is 12.2. The van der Waals surface area contributed by atoms with Gasteiger partial charge in [-0.15, -0.1) is 0 Å². The summed E-state index contributed by atoms with van der Waals surface area (Å²) in [6.45, 7) is 1.74. The molecule has 2 rings (SSSR count). The highest BCUT2D eigenvalue weighted by Crippen LogP contribution is 2.32. The van der Waals surface area contributed by atoms with Crippen LogP contribution >= 0.6 is 0 Å². The monoisotopic (exact) mass is 239 g/mol. The standard InChI is InChI=1S/C11H17N3O3/c1-2-7-9(16)13-8(15)6-14(7)10(17)11(12)4-3-5-11/h7H,2-6,12H2,1H3,(H,13,15,16). The molecule has 0 spiro atoms. The van der Waals surface area contributed by atoms with Gasteiger partial charge >= 0.3 is 0 Å². The Morgan fingerprint density at radius 1 is 1.53 bits per heavy atom. The van der Waals surface area contributed by atoms with Crippen molar-refractivity contribution in [2.45, 2.75) is 44.2 Å². The molecule has 3 N–H and O–H groups in total. The third kappa shape index (κ3) is 1.93. The maximum Gasteiger partial charge on any atom is 0.249 e. The molecule has 3 amide bonds. The fraction of sp³-hybridized carbons (Fsp3) is 0.727. The van der Waals surface area contributed by atoms with E-state index >= 15 is 0 Å². The number of carbonyl (C=O) groups excluding carboxylic acids is 3. The Morgan fingerprint density at radius 3 is 2.65 bits per heavy atom. The highest BCUT2D eigenvalue weighted by Gasteiger charge is 2.47. The Morgan fingerprint density at radius 2 is 2.18 bits per heavy atom. The SMILES string of the molecule is CCC1C(=O)NC(=O)CN1C(=O)C1(N)CCC1. The van der Waals surface area contributed by atoms with Gasteiger partial charge in [0.25, 0.3) is 0 Å². The summed E-state index contributed by atoms with van der Waals surface area (Å²) in [5.41, 5.74) is 5.09. The van der Waals surface area contributed by atoms with Gasteiger partial charge in [-0.05, 0) is 25.7 Å². The number of nitrogens with two attached hydrogens (primary N) is 1. The summed E-state index contributed by atoms with van der Waals surface area (Å²) in [4.78, 5) is 36.5. The highest BCUT2D eigenvalue weighted by atomic mass is 16.2. The van der Waals surface area contributed by atoms with E-state index in [1.807, 2.05) is 6.92 Å². The van der Waals surface area contributed by atoms with Crippen LogP contribution < -0.4 is 11.1 Å². The number of hydrogen-bond donors (Lipinski definition) is 2. The first-order chi connectivity index (χ1) is 7.98. The summed E-state index contributed by atoms with van der Waals surface area (Å²) in [5, 5.41) is 2.24. The number of hydrogen-bond acceptors (Lipinski definition) is 4. The van der Waals surface area contributed by atoms with Gasteiger partial charge in [-0.1, -0.05) is 6.92 Å². The van der Waals surface area contributed by atoms with E-state index in [0.717, 1.165) is 6.42 Å². The van der Waals surface area contributed by atoms with Crippen molar-refractivity contribution < 1.29 is 14.4 Å². The lowest BCUT2D eigenvalue weighted by molar-refractivity contribution is -0.154. The predicted molar refractivity (Wildman–Crippen MR) is 59.7 cm³/mol. The highest BCUT2D eigenvalue weighted by molar-refractivity contribution is 6.05. The normalized spacial score (nSPS) is 27.4. The Labute approximate surface area is 99.5 Å². The van der Waals surface area contributed by atoms with E-state index in [1.54, 1.807) is 0 Å². The lowest BCUT2D eigenvalue weighted by atomic mass is 9.76. The third-order valence-electron chi connectivity index (χ3n) is 3.57. The maximum atomic E-state index is 12.2. The molecule has 1 saturated carbocycles. The van der Waals surface area contributed by atoms with Gasteiger partial charge in [0.05, 0.1) is 5.54 Å². The van der Waals surface area contributed by atoms with Crippen LogP contribution in [0.1, 0.15) is 32.6 Å². The Balaban J connectivity index is 2.19. The quantitative estimate of drug-likeness (QED) is 0.613. The van der Waals surface area contributed by atoms with E-state index in [9.17, 15) is 14.4 Å². The van der Waals surface area contributed by atoms with E-state index in [1.165, 1.54) is 4.90 Å². The number of nitrogens with one attached hydrogen (secondary N) is 1. The van der Waals surface area contributed by atoms with Gasteiger partial charge in [0.15, 0.2) is 0 Å². The molecular formula is C11H17N3O3. The van der Waals surface area contributed by atoms with Crippen molar-refractivity contribution in [3.8, 4) is 0 Å². The smallest absolute Gasteiger partial charge is 0.249 e. The zero-order chi connectivity index (χ0) is 12.6. The fourth-order valence-corrected chi connectivity index (χ4v) is 2.34. The number of rotatable bonds is 2. The molecule has 6 nitrogen and oxygen atoms in total. The van der Waals surface area contributed by atoms with Crippen molar-refractivity contribution in [1.29, 1.82) is 0 Å². The van der Waals surface area contributed by atoms with Gasteiger partial charge in [-0.25, -0.2) is 0 Å². The van der Waals surface area contributed by atoms with Crippen LogP contribution in [-0.4, -0.2) is 40.7 Å². The molecule has 0 aromatic carbocycles. The van der Waals surface area contributed by atoms with Crippen molar-refractivity contribution >= 4 is 17.7 Å². The summed E-state index contributed by atoms with van der Waals surface area (Å²) < 4.78 is 0. The first-order valence-electron chi connectivity index (χ1n) is 5.91. The largest absolute Gasteiger partial charge is 0.320 e. The molecule has 0 bridgehead atoms. The minimum Gasteiger partial charge on any atom is -0.320 e. The van der Waals surface area contributed by atoms with Gasteiger partial charge in [-0.3, -0.25) is 19.7 Å². The van der Waals surface area contributed by atoms with Crippen molar-refractivity contribution in [2.75, 3.05) is 6.54 Å². The molecule has 0 aromatic rings. The zero-order valence-corrected chi connectivity index (χ0v) is 9.86. The number of nitrogens with zero attached hydrogens (tertiary/aromatic N) is 1. The number of amides is 3. The minimum atomic E-state index is -0.856. The summed E-state index contributed by atoms with van der Waals surface area (Å²) in [5.74, 6) is -1.10. The molecule has 0 aromatic heterocycles. The summed E-state index contributed by atoms with van der Waals surface area (Å²) >= 11 is 0. The second-order valence-corrected chi connectivity index (χ2v) is 4.78. The predicted octanol–water partition coefficient (Wildman–Crippen LogP) is -0.869. The van der Waals surface area contributed by atoms with Crippen LogP contribution in [0.25, 0.3) is 0 Å². The summed E-state index contributed by atoms with van der Waals surface area (Å²) in [7, 11) is 0. The topological polar surface area (TPSA) is 92.5 Å². The van der Waals surface area contributed by atoms with Gasteiger partial charge in [0, 0.05) is 0 Å². The average molecular weight is 239 g/mol. The average Bonchev–Trinajstić information content (AvgIpc) is 2.24. The molecule has 17 heavy (non-hydrogen) atoms. The zero-order valence-electron chi connectivity index (χ0n) is 9.86. The van der Waals surface area contributed by atoms with Crippen LogP contribution in [0.4, 0.5) is 0 Å². The van der Waals surface area contributed by atoms with Crippen molar-refractivity contribution in [1.82, 2.24) is 10.2 Å². The van der Waals surface area contributed by atoms with E-state index in [0.29, 0.717) is 19.3 Å². The second kappa shape index (κ2) is 4.10. The molecule has 2 fully saturated rings. The first-order valence-corrected chi connectivity index (χ1v) is 5.91. The van der Waals surface area contributed by atoms with Gasteiger partial charge in [0.1, 0.15) is 12.6 Å². The first kappa shape index (κ1) is 12.0. The minimum absolute atomic E-state index is 0.0674.